The largest absolute Gasteiger partial charge is 0.508 e. The Bertz CT molecular complexity index is 786. The summed E-state index contributed by atoms with van der Waals surface area (Å²) < 4.78 is 18.8. The summed E-state index contributed by atoms with van der Waals surface area (Å²) in [5.74, 6) is 0.0153. The summed E-state index contributed by atoms with van der Waals surface area (Å²) in [6.45, 7) is 0. The summed E-state index contributed by atoms with van der Waals surface area (Å²) in [7, 11) is 0. The summed E-state index contributed by atoms with van der Waals surface area (Å²) in [4.78, 5) is 4.18. The molecule has 3 aromatic rings. The van der Waals surface area contributed by atoms with Crippen LogP contribution in [0, 0.1) is 5.82 Å². The maximum absolute atomic E-state index is 13.3. The predicted molar refractivity (Wildman–Crippen MR) is 77.7 cm³/mol. The maximum Gasteiger partial charge on any atom is 0.212 e. The monoisotopic (exact) mass is 306 g/mol. The zero-order chi connectivity index (χ0) is 15.0. The van der Waals surface area contributed by atoms with Gasteiger partial charge in [-0.2, -0.15) is 0 Å². The molecule has 2 aromatic carbocycles. The minimum Gasteiger partial charge on any atom is -0.508 e. The lowest BCUT2D eigenvalue weighted by Crippen LogP contribution is -2.13. The van der Waals surface area contributed by atoms with Gasteiger partial charge in [0.2, 0.25) is 5.89 Å². The first kappa shape index (κ1) is 13.9. The molecule has 108 valence electrons. The molecular formula is C15H12ClFN2O2. The Morgan fingerprint density at radius 2 is 2.00 bits per heavy atom. The van der Waals surface area contributed by atoms with Crippen molar-refractivity contribution in [2.75, 3.05) is 0 Å². The molecule has 0 aliphatic heterocycles. The topological polar surface area (TPSA) is 72.3 Å². The molecule has 0 saturated heterocycles. The van der Waals surface area contributed by atoms with Crippen molar-refractivity contribution in [3.05, 3.63) is 58.7 Å². The van der Waals surface area contributed by atoms with E-state index in [0.29, 0.717) is 23.4 Å². The molecular weight excluding hydrogens is 295 g/mol. The van der Waals surface area contributed by atoms with Gasteiger partial charge in [-0.3, -0.25) is 0 Å². The summed E-state index contributed by atoms with van der Waals surface area (Å²) in [6, 6.07) is 8.64. The van der Waals surface area contributed by atoms with E-state index >= 15 is 0 Å². The number of hydrogen-bond donors (Lipinski definition) is 2. The summed E-state index contributed by atoms with van der Waals surface area (Å²) >= 11 is 5.92. The van der Waals surface area contributed by atoms with E-state index in [1.807, 2.05) is 0 Å². The van der Waals surface area contributed by atoms with Crippen molar-refractivity contribution in [3.8, 4) is 5.75 Å². The molecule has 3 rings (SSSR count). The highest BCUT2D eigenvalue weighted by Crippen LogP contribution is 2.28. The van der Waals surface area contributed by atoms with Crippen molar-refractivity contribution in [2.24, 2.45) is 5.73 Å². The zero-order valence-electron chi connectivity index (χ0n) is 10.9. The first-order valence-corrected chi connectivity index (χ1v) is 6.69. The second-order valence-corrected chi connectivity index (χ2v) is 5.17. The third-order valence-corrected chi connectivity index (χ3v) is 3.42. The van der Waals surface area contributed by atoms with Gasteiger partial charge in [0.1, 0.15) is 17.1 Å². The van der Waals surface area contributed by atoms with Gasteiger partial charge in [0.25, 0.3) is 0 Å². The van der Waals surface area contributed by atoms with Crippen LogP contribution in [0.5, 0.6) is 5.75 Å². The zero-order valence-corrected chi connectivity index (χ0v) is 11.6. The highest BCUT2D eigenvalue weighted by atomic mass is 35.5. The molecule has 0 bridgehead atoms. The molecule has 0 radical (unpaired) electrons. The van der Waals surface area contributed by atoms with E-state index < -0.39 is 11.9 Å². The van der Waals surface area contributed by atoms with Gasteiger partial charge < -0.3 is 15.3 Å². The van der Waals surface area contributed by atoms with E-state index in [2.05, 4.69) is 4.98 Å². The normalized spacial score (nSPS) is 12.7. The lowest BCUT2D eigenvalue weighted by Gasteiger charge is -2.07. The number of nitrogens with two attached hydrogens (primary N) is 1. The molecule has 1 atom stereocenters. The minimum atomic E-state index is -0.485. The van der Waals surface area contributed by atoms with Gasteiger partial charge in [-0.05, 0) is 30.2 Å². The van der Waals surface area contributed by atoms with Crippen molar-refractivity contribution in [1.29, 1.82) is 0 Å². The van der Waals surface area contributed by atoms with Crippen molar-refractivity contribution in [2.45, 2.75) is 12.5 Å². The van der Waals surface area contributed by atoms with Gasteiger partial charge in [-0.25, -0.2) is 9.37 Å². The Morgan fingerprint density at radius 1 is 1.29 bits per heavy atom. The number of hydrogen-bond acceptors (Lipinski definition) is 4. The number of aromatic nitrogens is 1. The molecule has 0 amide bonds. The van der Waals surface area contributed by atoms with Crippen LogP contribution in [0.3, 0.4) is 0 Å². The van der Waals surface area contributed by atoms with E-state index in [1.54, 1.807) is 24.3 Å². The van der Waals surface area contributed by atoms with Crippen molar-refractivity contribution in [3.63, 3.8) is 0 Å². The molecule has 21 heavy (non-hydrogen) atoms. The van der Waals surface area contributed by atoms with Crippen LogP contribution in [0.4, 0.5) is 4.39 Å². The molecule has 3 N–H and O–H groups in total. The molecule has 1 unspecified atom stereocenters. The lowest BCUT2D eigenvalue weighted by atomic mass is 10.1. The van der Waals surface area contributed by atoms with Gasteiger partial charge in [0.15, 0.2) is 5.58 Å². The average molecular weight is 307 g/mol. The van der Waals surface area contributed by atoms with E-state index in [4.69, 9.17) is 21.8 Å². The highest BCUT2D eigenvalue weighted by Gasteiger charge is 2.17. The number of halogens is 2. The molecule has 1 aromatic heterocycles. The molecule has 0 saturated carbocycles. The number of oxazole rings is 1. The molecule has 0 fully saturated rings. The Balaban J connectivity index is 1.89. The van der Waals surface area contributed by atoms with Crippen LogP contribution in [0.1, 0.15) is 17.5 Å². The van der Waals surface area contributed by atoms with E-state index in [9.17, 15) is 9.50 Å². The van der Waals surface area contributed by atoms with Crippen molar-refractivity contribution < 1.29 is 13.9 Å². The molecule has 0 aliphatic rings. The Kier molecular flexibility index (Phi) is 3.53. The maximum atomic E-state index is 13.3. The smallest absolute Gasteiger partial charge is 0.212 e. The molecule has 0 spiro atoms. The fourth-order valence-electron chi connectivity index (χ4n) is 2.11. The predicted octanol–water partition coefficient (Wildman–Crippen LogP) is 3.57. The van der Waals surface area contributed by atoms with Gasteiger partial charge in [0.05, 0.1) is 11.1 Å². The Labute approximate surface area is 125 Å². The van der Waals surface area contributed by atoms with Crippen LogP contribution in [-0.2, 0) is 6.42 Å². The van der Waals surface area contributed by atoms with Crippen LogP contribution in [0.25, 0.3) is 11.1 Å². The van der Waals surface area contributed by atoms with Crippen LogP contribution >= 0.6 is 11.6 Å². The quantitative estimate of drug-likeness (QED) is 0.776. The Morgan fingerprint density at radius 3 is 2.71 bits per heavy atom. The van der Waals surface area contributed by atoms with Crippen LogP contribution in [-0.4, -0.2) is 10.1 Å². The SMILES string of the molecule is NC(Cc1ccc(O)cc1)c1nc2cc(F)cc(Cl)c2o1. The lowest BCUT2D eigenvalue weighted by molar-refractivity contribution is 0.470. The van der Waals surface area contributed by atoms with Crippen molar-refractivity contribution >= 4 is 22.7 Å². The Hall–Kier alpha value is -2.11. The second kappa shape index (κ2) is 5.35. The number of fused-ring (bicyclic) bond motifs is 1. The number of rotatable bonds is 3. The van der Waals surface area contributed by atoms with Crippen molar-refractivity contribution in [1.82, 2.24) is 4.98 Å². The van der Waals surface area contributed by atoms with Crippen LogP contribution in [0.15, 0.2) is 40.8 Å². The first-order valence-electron chi connectivity index (χ1n) is 6.32. The number of phenolic OH excluding ortho intramolecular Hbond substituents is 1. The van der Waals surface area contributed by atoms with Crippen LogP contribution < -0.4 is 5.73 Å². The van der Waals surface area contributed by atoms with E-state index in [0.717, 1.165) is 5.56 Å². The van der Waals surface area contributed by atoms with Crippen LogP contribution in [0.2, 0.25) is 5.02 Å². The van der Waals surface area contributed by atoms with Gasteiger partial charge in [-0.1, -0.05) is 23.7 Å². The fourth-order valence-corrected chi connectivity index (χ4v) is 2.35. The minimum absolute atomic E-state index is 0.167. The number of benzene rings is 2. The molecule has 0 aliphatic carbocycles. The van der Waals surface area contributed by atoms with Gasteiger partial charge in [0, 0.05) is 6.07 Å². The second-order valence-electron chi connectivity index (χ2n) is 4.77. The third kappa shape index (κ3) is 2.84. The molecule has 4 nitrogen and oxygen atoms in total. The van der Waals surface area contributed by atoms with Gasteiger partial charge in [-0.15, -0.1) is 0 Å². The number of aromatic hydroxyl groups is 1. The number of phenols is 1. The van der Waals surface area contributed by atoms with Gasteiger partial charge >= 0.3 is 0 Å². The highest BCUT2D eigenvalue weighted by molar-refractivity contribution is 6.34. The van der Waals surface area contributed by atoms with E-state index in [-0.39, 0.29) is 10.8 Å². The fraction of sp³-hybridized carbons (Fsp3) is 0.133. The summed E-state index contributed by atoms with van der Waals surface area (Å²) in [6.07, 6.45) is 0.479. The standard InChI is InChI=1S/C15H12ClFN2O2/c16-11-6-9(17)7-13-14(11)21-15(19-13)12(18)5-8-1-3-10(20)4-2-8/h1-4,6-7,12,20H,5,18H2. The molecule has 6 heteroatoms. The van der Waals surface area contributed by atoms with E-state index in [1.165, 1.54) is 12.1 Å². The summed E-state index contributed by atoms with van der Waals surface area (Å²) in [5.41, 5.74) is 7.66. The number of nitrogens with zero attached hydrogens (tertiary/aromatic N) is 1. The average Bonchev–Trinajstić information content (AvgIpc) is 2.85. The first-order chi connectivity index (χ1) is 10.0. The third-order valence-electron chi connectivity index (χ3n) is 3.14. The summed E-state index contributed by atoms with van der Waals surface area (Å²) in [5, 5.41) is 9.41. The molecule has 1 heterocycles.